The lowest BCUT2D eigenvalue weighted by Gasteiger charge is -2.37. The second kappa shape index (κ2) is 10.9. The topological polar surface area (TPSA) is 151 Å². The van der Waals surface area contributed by atoms with E-state index in [1.807, 2.05) is 18.2 Å². The molecule has 13 heteroatoms. The van der Waals surface area contributed by atoms with Gasteiger partial charge in [-0.1, -0.05) is 0 Å². The maximum Gasteiger partial charge on any atom is 0.161 e. The number of pyridine rings is 2. The Hall–Kier alpha value is -5.01. The van der Waals surface area contributed by atoms with Crippen LogP contribution in [0.1, 0.15) is 12.8 Å². The number of H-pyrrole nitrogens is 2. The number of benzene rings is 1. The quantitative estimate of drug-likeness (QED) is 0.239. The molecule has 6 aromatic rings. The van der Waals surface area contributed by atoms with Gasteiger partial charge in [-0.2, -0.15) is 5.10 Å². The Balaban J connectivity index is 1.11. The van der Waals surface area contributed by atoms with Gasteiger partial charge in [0.25, 0.3) is 0 Å². The van der Waals surface area contributed by atoms with Crippen LogP contribution in [0.5, 0.6) is 5.75 Å². The van der Waals surface area contributed by atoms with Crippen LogP contribution in [0.4, 0.5) is 10.2 Å². The summed E-state index contributed by atoms with van der Waals surface area (Å²) >= 11 is 0. The number of hydrogen-bond acceptors (Lipinski definition) is 10. The second-order valence-corrected chi connectivity index (χ2v) is 11.3. The fraction of sp³-hybridized carbons (Fsp3) is 0.290. The molecular formula is C31H30FN11O. The van der Waals surface area contributed by atoms with Crippen molar-refractivity contribution >= 4 is 27.9 Å². The molecule has 44 heavy (non-hydrogen) atoms. The van der Waals surface area contributed by atoms with Crippen molar-refractivity contribution in [3.63, 3.8) is 0 Å². The normalized spacial score (nSPS) is 15.8. The standard InChI is InChI=1S/C31H30FN11O/c32-19-9-18(10-21(11-19)44-8-7-42-5-1-2-6-42)22-12-34-14-26-28(22)39-31(38-26)30-29-24(40-41-30)4-3-23(37-29)25-13-35-15-27(36-25)43-16-20(33)17-43/h3-4,9-15,20H,1-2,5-8,16-17,33H2,(H,38,39)(H,40,41). The number of aromatic nitrogens is 8. The minimum absolute atomic E-state index is 0.156. The second-order valence-electron chi connectivity index (χ2n) is 11.3. The zero-order valence-electron chi connectivity index (χ0n) is 23.9. The average molecular weight is 592 g/mol. The third kappa shape index (κ3) is 4.99. The molecule has 0 saturated carbocycles. The van der Waals surface area contributed by atoms with Gasteiger partial charge in [0.05, 0.1) is 40.8 Å². The van der Waals surface area contributed by atoms with Crippen molar-refractivity contribution in [1.29, 1.82) is 0 Å². The molecule has 0 radical (unpaired) electrons. The van der Waals surface area contributed by atoms with Crippen molar-refractivity contribution in [3.8, 4) is 39.8 Å². The summed E-state index contributed by atoms with van der Waals surface area (Å²) in [6.45, 7) is 5.01. The van der Waals surface area contributed by atoms with Crippen LogP contribution in [0, 0.1) is 5.82 Å². The van der Waals surface area contributed by atoms with Crippen molar-refractivity contribution in [2.45, 2.75) is 18.9 Å². The number of anilines is 1. The highest BCUT2D eigenvalue weighted by Gasteiger charge is 2.25. The molecular weight excluding hydrogens is 561 g/mol. The number of ether oxygens (including phenoxy) is 1. The number of imidazole rings is 1. The smallest absolute Gasteiger partial charge is 0.161 e. The van der Waals surface area contributed by atoms with Gasteiger partial charge in [-0.25, -0.2) is 19.3 Å². The first kappa shape index (κ1) is 26.6. The first-order chi connectivity index (χ1) is 21.6. The fourth-order valence-corrected chi connectivity index (χ4v) is 5.89. The third-order valence-corrected chi connectivity index (χ3v) is 8.20. The zero-order valence-corrected chi connectivity index (χ0v) is 23.9. The highest BCUT2D eigenvalue weighted by atomic mass is 19.1. The van der Waals surface area contributed by atoms with Crippen molar-refractivity contribution in [2.75, 3.05) is 44.2 Å². The van der Waals surface area contributed by atoms with E-state index >= 15 is 0 Å². The summed E-state index contributed by atoms with van der Waals surface area (Å²) in [5.41, 5.74) is 11.8. The molecule has 1 aromatic carbocycles. The first-order valence-corrected chi connectivity index (χ1v) is 14.8. The molecule has 0 amide bonds. The Morgan fingerprint density at radius 3 is 2.64 bits per heavy atom. The van der Waals surface area contributed by atoms with Crippen LogP contribution in [-0.4, -0.2) is 90.4 Å². The monoisotopic (exact) mass is 591 g/mol. The summed E-state index contributed by atoms with van der Waals surface area (Å²) in [5.74, 6) is 1.38. The Morgan fingerprint density at radius 1 is 0.909 bits per heavy atom. The van der Waals surface area contributed by atoms with Crippen LogP contribution in [-0.2, 0) is 0 Å². The van der Waals surface area contributed by atoms with Gasteiger partial charge in [-0.15, -0.1) is 0 Å². The van der Waals surface area contributed by atoms with Gasteiger partial charge < -0.3 is 20.4 Å². The van der Waals surface area contributed by atoms with Crippen LogP contribution in [0.3, 0.4) is 0 Å². The van der Waals surface area contributed by atoms with Gasteiger partial charge in [0.2, 0.25) is 0 Å². The summed E-state index contributed by atoms with van der Waals surface area (Å²) in [6, 6.07) is 8.67. The van der Waals surface area contributed by atoms with E-state index in [9.17, 15) is 4.39 Å². The van der Waals surface area contributed by atoms with Gasteiger partial charge in [0.1, 0.15) is 35.2 Å². The number of likely N-dealkylation sites (tertiary alicyclic amines) is 1. The Bertz CT molecular complexity index is 1980. The molecule has 4 N–H and O–H groups in total. The number of hydrogen-bond donors (Lipinski definition) is 3. The number of fused-ring (bicyclic) bond motifs is 2. The van der Waals surface area contributed by atoms with Crippen molar-refractivity contribution in [2.24, 2.45) is 5.73 Å². The number of aromatic amines is 2. The van der Waals surface area contributed by atoms with E-state index in [0.29, 0.717) is 62.9 Å². The van der Waals surface area contributed by atoms with Gasteiger partial charge in [-0.3, -0.25) is 20.0 Å². The summed E-state index contributed by atoms with van der Waals surface area (Å²) in [6.07, 6.45) is 9.24. The van der Waals surface area contributed by atoms with E-state index in [-0.39, 0.29) is 11.9 Å². The van der Waals surface area contributed by atoms with E-state index < -0.39 is 0 Å². The molecule has 222 valence electrons. The van der Waals surface area contributed by atoms with Crippen molar-refractivity contribution in [3.05, 3.63) is 60.9 Å². The van der Waals surface area contributed by atoms with Gasteiger partial charge >= 0.3 is 0 Å². The van der Waals surface area contributed by atoms with Crippen LogP contribution in [0.25, 0.3) is 56.1 Å². The minimum atomic E-state index is -0.384. The zero-order chi connectivity index (χ0) is 29.6. The van der Waals surface area contributed by atoms with Crippen LogP contribution < -0.4 is 15.4 Å². The number of nitrogens with zero attached hydrogens (tertiary/aromatic N) is 8. The molecule has 0 bridgehead atoms. The predicted molar refractivity (Wildman–Crippen MR) is 165 cm³/mol. The molecule has 12 nitrogen and oxygen atoms in total. The lowest BCUT2D eigenvalue weighted by Crippen LogP contribution is -2.56. The predicted octanol–water partition coefficient (Wildman–Crippen LogP) is 3.78. The average Bonchev–Trinajstić information content (AvgIpc) is 3.78. The molecule has 2 saturated heterocycles. The highest BCUT2D eigenvalue weighted by Crippen LogP contribution is 2.33. The Labute approximate surface area is 251 Å². The summed E-state index contributed by atoms with van der Waals surface area (Å²) in [4.78, 5) is 31.1. The number of nitrogens with two attached hydrogens (primary N) is 1. The number of nitrogens with one attached hydrogen (secondary N) is 2. The van der Waals surface area contributed by atoms with Crippen LogP contribution >= 0.6 is 0 Å². The SMILES string of the molecule is NC1CN(c2cncc(-c3ccc4[nH]nc(-c5nc6c(-c7cc(F)cc(OCCN8CCCC8)c7)cncc6[nH]5)c4n3)n2)C1. The molecule has 0 spiro atoms. The van der Waals surface area contributed by atoms with E-state index in [2.05, 4.69) is 34.9 Å². The Kier molecular flexibility index (Phi) is 6.60. The number of rotatable bonds is 8. The first-order valence-electron chi connectivity index (χ1n) is 14.8. The largest absolute Gasteiger partial charge is 0.492 e. The molecule has 8 rings (SSSR count). The molecule has 2 aliphatic heterocycles. The van der Waals surface area contributed by atoms with Crippen molar-refractivity contribution < 1.29 is 9.13 Å². The lowest BCUT2D eigenvalue weighted by atomic mass is 10.1. The highest BCUT2D eigenvalue weighted by molar-refractivity contribution is 5.95. The third-order valence-electron chi connectivity index (χ3n) is 8.20. The van der Waals surface area contributed by atoms with Crippen LogP contribution in [0.15, 0.2) is 55.1 Å². The molecule has 2 aliphatic rings. The Morgan fingerprint density at radius 2 is 1.77 bits per heavy atom. The molecule has 0 unspecified atom stereocenters. The van der Waals surface area contributed by atoms with E-state index in [1.54, 1.807) is 24.8 Å². The van der Waals surface area contributed by atoms with E-state index in [0.717, 1.165) is 44.1 Å². The van der Waals surface area contributed by atoms with Crippen molar-refractivity contribution in [1.82, 2.24) is 45.0 Å². The maximum absolute atomic E-state index is 14.8. The van der Waals surface area contributed by atoms with E-state index in [1.165, 1.54) is 25.0 Å². The molecule has 0 atom stereocenters. The van der Waals surface area contributed by atoms with Crippen LogP contribution in [0.2, 0.25) is 0 Å². The minimum Gasteiger partial charge on any atom is -0.492 e. The summed E-state index contributed by atoms with van der Waals surface area (Å²) in [5, 5.41) is 7.57. The summed E-state index contributed by atoms with van der Waals surface area (Å²) in [7, 11) is 0. The lowest BCUT2D eigenvalue weighted by molar-refractivity contribution is 0.237. The van der Waals surface area contributed by atoms with Gasteiger partial charge in [0, 0.05) is 43.5 Å². The molecule has 0 aliphatic carbocycles. The summed E-state index contributed by atoms with van der Waals surface area (Å²) < 4.78 is 20.7. The fourth-order valence-electron chi connectivity index (χ4n) is 5.89. The maximum atomic E-state index is 14.8. The molecule has 7 heterocycles. The van der Waals surface area contributed by atoms with E-state index in [4.69, 9.17) is 25.4 Å². The van der Waals surface area contributed by atoms with Gasteiger partial charge in [0.15, 0.2) is 11.5 Å². The number of halogens is 1. The molecule has 5 aromatic heterocycles. The van der Waals surface area contributed by atoms with Gasteiger partial charge in [-0.05, 0) is 55.8 Å². The molecule has 2 fully saturated rings.